The van der Waals surface area contributed by atoms with Crippen LogP contribution in [0, 0.1) is 6.92 Å². The molecule has 1 heterocycles. The maximum absolute atomic E-state index is 12.0. The van der Waals surface area contributed by atoms with E-state index in [-0.39, 0.29) is 5.78 Å². The quantitative estimate of drug-likeness (QED) is 0.748. The zero-order chi connectivity index (χ0) is 13.4. The summed E-state index contributed by atoms with van der Waals surface area (Å²) in [7, 11) is 0. The second-order valence-corrected chi connectivity index (χ2v) is 5.89. The van der Waals surface area contributed by atoms with Gasteiger partial charge in [-0.3, -0.25) is 4.79 Å². The van der Waals surface area contributed by atoms with Crippen molar-refractivity contribution in [3.05, 3.63) is 45.7 Å². The van der Waals surface area contributed by atoms with Crippen molar-refractivity contribution in [2.45, 2.75) is 32.6 Å². The van der Waals surface area contributed by atoms with E-state index in [9.17, 15) is 4.79 Å². The van der Waals surface area contributed by atoms with E-state index in [0.717, 1.165) is 46.2 Å². The topological polar surface area (TPSA) is 34.9 Å². The summed E-state index contributed by atoms with van der Waals surface area (Å²) in [5, 5.41) is 4.43. The average molecular weight is 319 g/mol. The van der Waals surface area contributed by atoms with Gasteiger partial charge in [0.15, 0.2) is 5.78 Å². The number of fused-ring (bicyclic) bond motifs is 1. The fraction of sp³-hybridized carbons (Fsp3) is 0.333. The zero-order valence-electron chi connectivity index (χ0n) is 10.8. The monoisotopic (exact) mass is 318 g/mol. The Morgan fingerprint density at radius 2 is 2.05 bits per heavy atom. The number of benzene rings is 1. The lowest BCUT2D eigenvalue weighted by atomic mass is 10.1. The molecule has 1 aliphatic carbocycles. The lowest BCUT2D eigenvalue weighted by Gasteiger charge is -2.10. The average Bonchev–Trinajstić information content (AvgIpc) is 2.69. The number of halogens is 1. The van der Waals surface area contributed by atoms with Crippen LogP contribution < -0.4 is 0 Å². The van der Waals surface area contributed by atoms with Crippen molar-refractivity contribution in [3.8, 4) is 5.69 Å². The molecule has 3 nitrogen and oxygen atoms in total. The van der Waals surface area contributed by atoms with Gasteiger partial charge in [0, 0.05) is 10.9 Å². The van der Waals surface area contributed by atoms with Gasteiger partial charge in [-0.25, -0.2) is 4.68 Å². The van der Waals surface area contributed by atoms with Crippen LogP contribution in [-0.2, 0) is 6.42 Å². The van der Waals surface area contributed by atoms with Crippen LogP contribution in [0.2, 0.25) is 0 Å². The van der Waals surface area contributed by atoms with E-state index in [1.807, 2.05) is 16.8 Å². The summed E-state index contributed by atoms with van der Waals surface area (Å²) >= 11 is 3.47. The molecular weight excluding hydrogens is 304 g/mol. The van der Waals surface area contributed by atoms with Crippen LogP contribution in [0.3, 0.4) is 0 Å². The molecule has 0 fully saturated rings. The molecule has 0 saturated heterocycles. The molecule has 0 N–H and O–H groups in total. The van der Waals surface area contributed by atoms with Crippen molar-refractivity contribution in [3.63, 3.8) is 0 Å². The van der Waals surface area contributed by atoms with Gasteiger partial charge in [-0.1, -0.05) is 15.9 Å². The number of carbonyl (C=O) groups is 1. The molecule has 0 saturated carbocycles. The van der Waals surface area contributed by atoms with Crippen molar-refractivity contribution >= 4 is 21.7 Å². The van der Waals surface area contributed by atoms with Crippen LogP contribution in [0.1, 0.15) is 40.9 Å². The predicted octanol–water partition coefficient (Wildman–Crippen LogP) is 3.85. The predicted molar refractivity (Wildman–Crippen MR) is 77.9 cm³/mol. The number of hydrogen-bond acceptors (Lipinski definition) is 2. The van der Waals surface area contributed by atoms with Gasteiger partial charge < -0.3 is 0 Å². The molecule has 3 rings (SSSR count). The third kappa shape index (κ3) is 2.25. The van der Waals surface area contributed by atoms with E-state index in [1.165, 1.54) is 0 Å². The van der Waals surface area contributed by atoms with E-state index in [0.29, 0.717) is 6.42 Å². The number of nitrogens with zero attached hydrogens (tertiary/aromatic N) is 2. The molecule has 1 aromatic carbocycles. The minimum absolute atomic E-state index is 0.230. The number of ketones is 1. The molecule has 0 amide bonds. The molecule has 1 aliphatic rings. The van der Waals surface area contributed by atoms with Gasteiger partial charge >= 0.3 is 0 Å². The standard InChI is InChI=1S/C15H15BrN2O/c1-10-8-11(16)6-7-13(10)18-14-4-2-3-5-15(19)12(14)9-17-18/h6-9H,2-5H2,1H3. The normalized spacial score (nSPS) is 15.2. The van der Waals surface area contributed by atoms with E-state index in [1.54, 1.807) is 6.20 Å². The summed E-state index contributed by atoms with van der Waals surface area (Å²) < 4.78 is 2.99. The number of hydrogen-bond donors (Lipinski definition) is 0. The summed E-state index contributed by atoms with van der Waals surface area (Å²) in [6, 6.07) is 6.12. The van der Waals surface area contributed by atoms with E-state index >= 15 is 0 Å². The van der Waals surface area contributed by atoms with Crippen LogP contribution in [0.4, 0.5) is 0 Å². The van der Waals surface area contributed by atoms with Gasteiger partial charge in [-0.05, 0) is 49.9 Å². The summed E-state index contributed by atoms with van der Waals surface area (Å²) in [6.45, 7) is 2.06. The van der Waals surface area contributed by atoms with E-state index in [2.05, 4.69) is 34.0 Å². The lowest BCUT2D eigenvalue weighted by molar-refractivity contribution is 0.0982. The highest BCUT2D eigenvalue weighted by molar-refractivity contribution is 9.10. The maximum atomic E-state index is 12.0. The Morgan fingerprint density at radius 3 is 2.84 bits per heavy atom. The number of Topliss-reactive ketones (excluding diaryl/α,β-unsaturated/α-hetero) is 1. The number of aromatic nitrogens is 2. The van der Waals surface area contributed by atoms with Crippen LogP contribution in [0.5, 0.6) is 0 Å². The van der Waals surface area contributed by atoms with Gasteiger partial charge in [0.1, 0.15) is 0 Å². The maximum Gasteiger partial charge on any atom is 0.166 e. The van der Waals surface area contributed by atoms with E-state index < -0.39 is 0 Å². The second-order valence-electron chi connectivity index (χ2n) is 4.98. The van der Waals surface area contributed by atoms with Gasteiger partial charge in [-0.15, -0.1) is 0 Å². The fourth-order valence-electron chi connectivity index (χ4n) is 2.62. The highest BCUT2D eigenvalue weighted by atomic mass is 79.9. The van der Waals surface area contributed by atoms with Crippen molar-refractivity contribution in [2.24, 2.45) is 0 Å². The van der Waals surface area contributed by atoms with Crippen LogP contribution in [-0.4, -0.2) is 15.6 Å². The largest absolute Gasteiger partial charge is 0.294 e. The number of rotatable bonds is 1. The van der Waals surface area contributed by atoms with Crippen molar-refractivity contribution < 1.29 is 4.79 Å². The van der Waals surface area contributed by atoms with Gasteiger partial charge in [0.2, 0.25) is 0 Å². The lowest BCUT2D eigenvalue weighted by Crippen LogP contribution is -2.06. The van der Waals surface area contributed by atoms with Gasteiger partial charge in [-0.2, -0.15) is 5.10 Å². The Hall–Kier alpha value is -1.42. The van der Waals surface area contributed by atoms with Gasteiger partial charge in [0.25, 0.3) is 0 Å². The Kier molecular flexibility index (Phi) is 3.27. The molecule has 1 aromatic heterocycles. The summed E-state index contributed by atoms with van der Waals surface area (Å²) in [5.41, 5.74) is 4.07. The van der Waals surface area contributed by atoms with Crippen LogP contribution >= 0.6 is 15.9 Å². The molecule has 0 unspecified atom stereocenters. The Labute approximate surface area is 120 Å². The molecule has 4 heteroatoms. The van der Waals surface area contributed by atoms with Crippen molar-refractivity contribution in [2.75, 3.05) is 0 Å². The molecule has 0 bridgehead atoms. The second kappa shape index (κ2) is 4.93. The first kappa shape index (κ1) is 12.6. The third-order valence-electron chi connectivity index (χ3n) is 3.62. The minimum atomic E-state index is 0.230. The van der Waals surface area contributed by atoms with Crippen LogP contribution in [0.15, 0.2) is 28.9 Å². The number of carbonyl (C=O) groups excluding carboxylic acids is 1. The Balaban J connectivity index is 2.14. The van der Waals surface area contributed by atoms with E-state index in [4.69, 9.17) is 0 Å². The first-order chi connectivity index (χ1) is 9.16. The Bertz CT molecular complexity index is 646. The highest BCUT2D eigenvalue weighted by Gasteiger charge is 2.21. The molecule has 0 atom stereocenters. The number of aryl methyl sites for hydroxylation is 1. The zero-order valence-corrected chi connectivity index (χ0v) is 12.4. The first-order valence-electron chi connectivity index (χ1n) is 6.53. The molecular formula is C15H15BrN2O. The summed E-state index contributed by atoms with van der Waals surface area (Å²) in [4.78, 5) is 12.0. The molecule has 19 heavy (non-hydrogen) atoms. The minimum Gasteiger partial charge on any atom is -0.294 e. The first-order valence-corrected chi connectivity index (χ1v) is 7.33. The van der Waals surface area contributed by atoms with Crippen molar-refractivity contribution in [1.82, 2.24) is 9.78 Å². The SMILES string of the molecule is Cc1cc(Br)ccc1-n1ncc2c1CCCCC2=O. The highest BCUT2D eigenvalue weighted by Crippen LogP contribution is 2.25. The molecule has 0 aliphatic heterocycles. The summed E-state index contributed by atoms with van der Waals surface area (Å²) in [5.74, 6) is 0.230. The smallest absolute Gasteiger partial charge is 0.166 e. The van der Waals surface area contributed by atoms with Gasteiger partial charge in [0.05, 0.1) is 23.1 Å². The molecule has 0 radical (unpaired) electrons. The molecule has 98 valence electrons. The van der Waals surface area contributed by atoms with Crippen molar-refractivity contribution in [1.29, 1.82) is 0 Å². The molecule has 0 spiro atoms. The summed E-state index contributed by atoms with van der Waals surface area (Å²) in [6.07, 6.45) is 5.34. The fourth-order valence-corrected chi connectivity index (χ4v) is 3.10. The third-order valence-corrected chi connectivity index (χ3v) is 4.12. The molecule has 2 aromatic rings. The van der Waals surface area contributed by atoms with Crippen LogP contribution in [0.25, 0.3) is 5.69 Å². The Morgan fingerprint density at radius 1 is 1.26 bits per heavy atom.